The van der Waals surface area contributed by atoms with E-state index in [9.17, 15) is 0 Å². The number of aromatic nitrogens is 5. The summed E-state index contributed by atoms with van der Waals surface area (Å²) in [6, 6.07) is 95.0. The Kier molecular flexibility index (Phi) is 19.8. The molecule has 10 aromatic carbocycles. The zero-order valence-corrected chi connectivity index (χ0v) is 45.4. The van der Waals surface area contributed by atoms with Gasteiger partial charge >= 0.3 is 0 Å². The molecule has 382 valence electrons. The van der Waals surface area contributed by atoms with Gasteiger partial charge in [0.15, 0.2) is 5.82 Å². The molecule has 0 aliphatic heterocycles. The Bertz CT molecular complexity index is 3880. The maximum absolute atomic E-state index is 4.60. The molecule has 0 N–H and O–H groups in total. The highest BCUT2D eigenvalue weighted by Gasteiger charge is 2.08. The fourth-order valence-electron chi connectivity index (χ4n) is 8.57. The van der Waals surface area contributed by atoms with Crippen LogP contribution in [-0.2, 0) is 0 Å². The number of benzene rings is 10. The van der Waals surface area contributed by atoms with Crippen LogP contribution in [0.1, 0.15) is 33.8 Å². The van der Waals surface area contributed by atoms with Gasteiger partial charge in [-0.2, -0.15) is 0 Å². The predicted molar refractivity (Wildman–Crippen MR) is 330 cm³/mol. The topological polar surface area (TPSA) is 64.5 Å². The van der Waals surface area contributed by atoms with Crippen molar-refractivity contribution in [3.63, 3.8) is 0 Å². The predicted octanol–water partition coefficient (Wildman–Crippen LogP) is 19.1. The van der Waals surface area contributed by atoms with Crippen LogP contribution in [0.2, 0.25) is 0 Å². The molecule has 0 spiro atoms. The van der Waals surface area contributed by atoms with Crippen molar-refractivity contribution >= 4 is 32.7 Å². The van der Waals surface area contributed by atoms with Crippen LogP contribution in [-0.4, -0.2) is 24.9 Å². The second-order valence-electron chi connectivity index (χ2n) is 18.8. The molecule has 0 aliphatic rings. The number of fused-ring (bicyclic) bond motifs is 3. The number of para-hydroxylation sites is 3. The first-order chi connectivity index (χ1) is 38.2. The van der Waals surface area contributed by atoms with Gasteiger partial charge in [-0.25, -0.2) is 19.9 Å². The quantitative estimate of drug-likeness (QED) is 0.176. The van der Waals surface area contributed by atoms with Crippen LogP contribution in [0.3, 0.4) is 0 Å². The van der Waals surface area contributed by atoms with Crippen LogP contribution >= 0.6 is 0 Å². The van der Waals surface area contributed by atoms with Crippen LogP contribution in [0.15, 0.2) is 285 Å². The van der Waals surface area contributed by atoms with Gasteiger partial charge in [0.1, 0.15) is 5.82 Å². The highest BCUT2D eigenvalue weighted by atomic mass is 14.9. The molecule has 0 unspecified atom stereocenters. The Morgan fingerprint density at radius 3 is 1.23 bits per heavy atom. The van der Waals surface area contributed by atoms with E-state index in [0.717, 1.165) is 61.5 Å². The number of rotatable bonds is 4. The molecule has 78 heavy (non-hydrogen) atoms. The van der Waals surface area contributed by atoms with Crippen molar-refractivity contribution in [2.24, 2.45) is 0 Å². The van der Waals surface area contributed by atoms with Crippen LogP contribution in [0, 0.1) is 41.5 Å². The van der Waals surface area contributed by atoms with Crippen molar-refractivity contribution in [1.82, 2.24) is 24.9 Å². The number of nitrogens with zero attached hydrogens (tertiary/aromatic N) is 5. The smallest absolute Gasteiger partial charge is 0.160 e. The highest BCUT2D eigenvalue weighted by Crippen LogP contribution is 2.26. The second kappa shape index (κ2) is 28.3. The van der Waals surface area contributed by atoms with Crippen LogP contribution in [0.4, 0.5) is 0 Å². The zero-order valence-electron chi connectivity index (χ0n) is 45.4. The first-order valence-corrected chi connectivity index (χ1v) is 26.3. The lowest BCUT2D eigenvalue weighted by Gasteiger charge is -2.06. The van der Waals surface area contributed by atoms with E-state index >= 15 is 0 Å². The molecule has 0 aliphatic carbocycles. The van der Waals surface area contributed by atoms with Crippen molar-refractivity contribution < 1.29 is 0 Å². The molecule has 0 saturated heterocycles. The lowest BCUT2D eigenvalue weighted by Crippen LogP contribution is -1.93. The van der Waals surface area contributed by atoms with E-state index in [2.05, 4.69) is 192 Å². The monoisotopic (exact) mass is 1010 g/mol. The van der Waals surface area contributed by atoms with Crippen molar-refractivity contribution in [1.29, 1.82) is 0 Å². The van der Waals surface area contributed by atoms with Gasteiger partial charge in [-0.05, 0) is 93.6 Å². The van der Waals surface area contributed by atoms with Crippen molar-refractivity contribution in [3.05, 3.63) is 319 Å². The van der Waals surface area contributed by atoms with Gasteiger partial charge in [0.05, 0.1) is 22.2 Å². The molecule has 0 radical (unpaired) electrons. The SMILES string of the molecule is Cc1ccc(-c2ccccc2)cc1.Cc1cccc(-c2ccccc2)c1.Cc1ccccc1.Cc1ccnc2ccccc12.Cc1nc(-c2ccccc2)c2ccccc2n1.Cc1nc(-c2ccccc2)nc2ccccc12. The average molecular weight is 1010 g/mol. The Morgan fingerprint density at radius 2 is 0.679 bits per heavy atom. The first kappa shape index (κ1) is 54.5. The third-order valence-electron chi connectivity index (χ3n) is 12.7. The molecule has 0 atom stereocenters. The third-order valence-corrected chi connectivity index (χ3v) is 12.7. The van der Waals surface area contributed by atoms with Crippen molar-refractivity contribution in [2.75, 3.05) is 0 Å². The summed E-state index contributed by atoms with van der Waals surface area (Å²) in [6.45, 7) is 12.4. The van der Waals surface area contributed by atoms with Gasteiger partial charge in [-0.1, -0.05) is 271 Å². The van der Waals surface area contributed by atoms with Crippen molar-refractivity contribution in [2.45, 2.75) is 41.5 Å². The molecule has 13 aromatic rings. The van der Waals surface area contributed by atoms with Gasteiger partial charge in [0.2, 0.25) is 0 Å². The zero-order chi connectivity index (χ0) is 54.3. The number of hydrogen-bond acceptors (Lipinski definition) is 5. The van der Waals surface area contributed by atoms with Gasteiger partial charge in [-0.3, -0.25) is 4.98 Å². The van der Waals surface area contributed by atoms with Gasteiger partial charge in [0, 0.05) is 39.2 Å². The summed E-state index contributed by atoms with van der Waals surface area (Å²) in [4.78, 5) is 22.4. The molecule has 0 saturated carbocycles. The first-order valence-electron chi connectivity index (χ1n) is 26.3. The largest absolute Gasteiger partial charge is 0.256 e. The summed E-state index contributed by atoms with van der Waals surface area (Å²) < 4.78 is 0. The molecule has 5 nitrogen and oxygen atoms in total. The standard InChI is InChI=1S/2C15H12N2.2C13H12.C10H9N.C7H8/c1-11-16-14-10-6-5-9-13(14)15(17-11)12-7-3-2-4-8-12;1-11-13-9-5-6-10-14(13)17-15(16-11)12-7-3-2-4-8-12;1-11-6-5-9-13(10-11)12-7-3-2-4-8-12;1-11-7-9-13(10-8-11)12-5-3-2-4-6-12;1-8-6-7-11-10-5-3-2-4-9(8)10;1-7-5-3-2-4-6-7/h2*2-10H,1H3;2*2-10H,1H3;2-7H,1H3;2-6H,1H3. The average Bonchev–Trinajstić information content (AvgIpc) is 3.51. The lowest BCUT2D eigenvalue weighted by atomic mass is 10.0. The van der Waals surface area contributed by atoms with E-state index < -0.39 is 0 Å². The fraction of sp³-hybridized carbons (Fsp3) is 0.0822. The second-order valence-corrected chi connectivity index (χ2v) is 18.8. The molecule has 0 fully saturated rings. The van der Waals surface area contributed by atoms with Crippen LogP contribution in [0.5, 0.6) is 0 Å². The van der Waals surface area contributed by atoms with E-state index in [1.165, 1.54) is 49.9 Å². The maximum Gasteiger partial charge on any atom is 0.160 e. The highest BCUT2D eigenvalue weighted by molar-refractivity contribution is 5.92. The number of hydrogen-bond donors (Lipinski definition) is 0. The minimum Gasteiger partial charge on any atom is -0.256 e. The van der Waals surface area contributed by atoms with Crippen molar-refractivity contribution in [3.8, 4) is 44.9 Å². The number of pyridine rings is 1. The molecular formula is C73H65N5. The molecule has 5 heteroatoms. The lowest BCUT2D eigenvalue weighted by molar-refractivity contribution is 1.10. The van der Waals surface area contributed by atoms with E-state index in [1.807, 2.05) is 160 Å². The summed E-state index contributed by atoms with van der Waals surface area (Å²) in [7, 11) is 0. The Hall–Kier alpha value is -9.71. The Balaban J connectivity index is 0.000000126. The summed E-state index contributed by atoms with van der Waals surface area (Å²) in [5.41, 5.74) is 17.7. The van der Waals surface area contributed by atoms with E-state index in [0.29, 0.717) is 0 Å². The normalized spacial score (nSPS) is 10.2. The van der Waals surface area contributed by atoms with E-state index in [-0.39, 0.29) is 0 Å². The molecular weight excluding hydrogens is 947 g/mol. The summed E-state index contributed by atoms with van der Waals surface area (Å²) in [5, 5.41) is 3.46. The summed E-state index contributed by atoms with van der Waals surface area (Å²) in [5.74, 6) is 1.60. The van der Waals surface area contributed by atoms with Gasteiger partial charge in [0.25, 0.3) is 0 Å². The molecule has 0 amide bonds. The molecule has 3 heterocycles. The summed E-state index contributed by atoms with van der Waals surface area (Å²) >= 11 is 0. The fourth-order valence-corrected chi connectivity index (χ4v) is 8.57. The minimum atomic E-state index is 0.793. The minimum absolute atomic E-state index is 0.793. The maximum atomic E-state index is 4.60. The summed E-state index contributed by atoms with van der Waals surface area (Å²) in [6.07, 6.45) is 1.84. The molecule has 3 aromatic heterocycles. The third kappa shape index (κ3) is 15.9. The number of aryl methyl sites for hydroxylation is 6. The van der Waals surface area contributed by atoms with Crippen LogP contribution < -0.4 is 0 Å². The molecule has 0 bridgehead atoms. The molecule has 13 rings (SSSR count). The van der Waals surface area contributed by atoms with E-state index in [4.69, 9.17) is 0 Å². The van der Waals surface area contributed by atoms with Gasteiger partial charge in [-0.15, -0.1) is 0 Å². The van der Waals surface area contributed by atoms with Crippen LogP contribution in [0.25, 0.3) is 77.6 Å². The van der Waals surface area contributed by atoms with Gasteiger partial charge < -0.3 is 0 Å². The van der Waals surface area contributed by atoms with E-state index in [1.54, 1.807) is 0 Å². The Labute approximate surface area is 460 Å². The Morgan fingerprint density at radius 1 is 0.256 bits per heavy atom.